The van der Waals surface area contributed by atoms with Crippen LogP contribution >= 0.6 is 38.9 Å². The summed E-state index contributed by atoms with van der Waals surface area (Å²) in [5, 5.41) is 3.16. The number of methoxy groups -OCH3 is 1. The summed E-state index contributed by atoms with van der Waals surface area (Å²) >= 11 is 10.9. The van der Waals surface area contributed by atoms with E-state index >= 15 is 0 Å². The lowest BCUT2D eigenvalue weighted by atomic mass is 10.2. The fraction of sp³-hybridized carbons (Fsp3) is 0.111. The molecule has 134 valence electrons. The number of thiazole rings is 1. The standard InChI is InChI=1S/C18H14BrClN2O3S/c1-24-15-5-2-10(19)6-14(15)18-22-12(9-26-18)8-25-16-7-11(20)3-4-13(16)17(21)23/h2-7,9H,8H2,1H3,(H2,21,23). The van der Waals surface area contributed by atoms with E-state index in [1.807, 2.05) is 23.6 Å². The van der Waals surface area contributed by atoms with Crippen LogP contribution in [0.15, 0.2) is 46.3 Å². The summed E-state index contributed by atoms with van der Waals surface area (Å²) in [4.78, 5) is 16.1. The Bertz CT molecular complexity index is 961. The van der Waals surface area contributed by atoms with Gasteiger partial charge in [-0.2, -0.15) is 0 Å². The summed E-state index contributed by atoms with van der Waals surface area (Å²) in [6, 6.07) is 10.4. The van der Waals surface area contributed by atoms with Crippen LogP contribution in [-0.4, -0.2) is 18.0 Å². The molecule has 0 bridgehead atoms. The van der Waals surface area contributed by atoms with Crippen molar-refractivity contribution < 1.29 is 14.3 Å². The Morgan fingerprint density at radius 3 is 2.81 bits per heavy atom. The fourth-order valence-electron chi connectivity index (χ4n) is 2.32. The first-order valence-corrected chi connectivity index (χ1v) is 9.53. The van der Waals surface area contributed by atoms with E-state index in [0.29, 0.717) is 10.8 Å². The zero-order chi connectivity index (χ0) is 18.7. The molecule has 0 unspecified atom stereocenters. The topological polar surface area (TPSA) is 74.4 Å². The highest BCUT2D eigenvalue weighted by atomic mass is 79.9. The molecular formula is C18H14BrClN2O3S. The van der Waals surface area contributed by atoms with Gasteiger partial charge < -0.3 is 15.2 Å². The Balaban J connectivity index is 1.81. The van der Waals surface area contributed by atoms with Gasteiger partial charge >= 0.3 is 0 Å². The third-order valence-corrected chi connectivity index (χ3v) is 5.18. The Hall–Kier alpha value is -2.09. The summed E-state index contributed by atoms with van der Waals surface area (Å²) in [5.41, 5.74) is 7.25. The van der Waals surface area contributed by atoms with Gasteiger partial charge in [0, 0.05) is 14.9 Å². The fourth-order valence-corrected chi connectivity index (χ4v) is 3.66. The van der Waals surface area contributed by atoms with Gasteiger partial charge in [-0.15, -0.1) is 11.3 Å². The van der Waals surface area contributed by atoms with E-state index in [9.17, 15) is 4.79 Å². The molecule has 3 rings (SSSR count). The van der Waals surface area contributed by atoms with Crippen LogP contribution in [0, 0.1) is 0 Å². The van der Waals surface area contributed by atoms with Gasteiger partial charge in [-0.1, -0.05) is 27.5 Å². The lowest BCUT2D eigenvalue weighted by molar-refractivity contribution is 0.0996. The van der Waals surface area contributed by atoms with Crippen molar-refractivity contribution in [2.45, 2.75) is 6.61 Å². The molecule has 0 aliphatic rings. The van der Waals surface area contributed by atoms with Gasteiger partial charge in [0.05, 0.1) is 23.9 Å². The number of aromatic nitrogens is 1. The number of nitrogens with zero attached hydrogens (tertiary/aromatic N) is 1. The molecule has 2 N–H and O–H groups in total. The molecule has 0 aliphatic carbocycles. The quantitative estimate of drug-likeness (QED) is 0.575. The number of rotatable bonds is 6. The van der Waals surface area contributed by atoms with Gasteiger partial charge in [-0.3, -0.25) is 4.79 Å². The van der Waals surface area contributed by atoms with Crippen molar-refractivity contribution in [3.8, 4) is 22.1 Å². The predicted molar refractivity (Wildman–Crippen MR) is 106 cm³/mol. The lowest BCUT2D eigenvalue weighted by Gasteiger charge is -2.09. The number of nitrogens with two attached hydrogens (primary N) is 1. The van der Waals surface area contributed by atoms with Gasteiger partial charge in [-0.05, 0) is 36.4 Å². The molecule has 1 aromatic heterocycles. The first-order valence-electron chi connectivity index (χ1n) is 7.48. The van der Waals surface area contributed by atoms with Gasteiger partial charge in [0.1, 0.15) is 23.1 Å². The van der Waals surface area contributed by atoms with Gasteiger partial charge in [0.2, 0.25) is 0 Å². The predicted octanol–water partition coefficient (Wildman–Crippen LogP) is 4.91. The van der Waals surface area contributed by atoms with E-state index in [1.165, 1.54) is 11.3 Å². The number of carbonyl (C=O) groups is 1. The number of ether oxygens (including phenoxy) is 2. The summed E-state index contributed by atoms with van der Waals surface area (Å²) < 4.78 is 12.0. The molecule has 8 heteroatoms. The molecule has 1 amide bonds. The van der Waals surface area contributed by atoms with Crippen molar-refractivity contribution in [3.05, 3.63) is 62.5 Å². The van der Waals surface area contributed by atoms with Crippen LogP contribution in [0.2, 0.25) is 5.02 Å². The van der Waals surface area contributed by atoms with Crippen LogP contribution in [0.4, 0.5) is 0 Å². The van der Waals surface area contributed by atoms with Crippen molar-refractivity contribution in [1.29, 1.82) is 0 Å². The third-order valence-electron chi connectivity index (χ3n) is 3.53. The van der Waals surface area contributed by atoms with E-state index < -0.39 is 5.91 Å². The second kappa shape index (κ2) is 8.07. The van der Waals surface area contributed by atoms with E-state index in [2.05, 4.69) is 20.9 Å². The first kappa shape index (κ1) is 18.7. The number of hydrogen-bond donors (Lipinski definition) is 1. The van der Waals surface area contributed by atoms with Crippen LogP contribution in [0.5, 0.6) is 11.5 Å². The minimum atomic E-state index is -0.575. The summed E-state index contributed by atoms with van der Waals surface area (Å²) in [7, 11) is 1.62. The van der Waals surface area contributed by atoms with Crippen LogP contribution in [0.3, 0.4) is 0 Å². The van der Waals surface area contributed by atoms with Gasteiger partial charge in [0.25, 0.3) is 5.91 Å². The molecule has 26 heavy (non-hydrogen) atoms. The Labute approximate surface area is 167 Å². The van der Waals surface area contributed by atoms with E-state index in [4.69, 9.17) is 26.8 Å². The molecule has 0 fully saturated rings. The zero-order valence-corrected chi connectivity index (χ0v) is 16.8. The maximum absolute atomic E-state index is 11.5. The molecule has 0 aliphatic heterocycles. The van der Waals surface area contributed by atoms with Crippen LogP contribution in [0.25, 0.3) is 10.6 Å². The molecule has 0 saturated heterocycles. The van der Waals surface area contributed by atoms with Crippen molar-refractivity contribution in [3.63, 3.8) is 0 Å². The average Bonchev–Trinajstić information content (AvgIpc) is 3.08. The molecule has 2 aromatic carbocycles. The number of primary amides is 1. The number of halogens is 2. The van der Waals surface area contributed by atoms with Crippen molar-refractivity contribution in [2.24, 2.45) is 5.73 Å². The molecule has 0 atom stereocenters. The SMILES string of the molecule is COc1ccc(Br)cc1-c1nc(COc2cc(Cl)ccc2C(N)=O)cs1. The molecule has 5 nitrogen and oxygen atoms in total. The van der Waals surface area contributed by atoms with Crippen molar-refractivity contribution >= 4 is 44.8 Å². The van der Waals surface area contributed by atoms with Crippen LogP contribution in [-0.2, 0) is 6.61 Å². The third kappa shape index (κ3) is 4.17. The van der Waals surface area contributed by atoms with E-state index in [1.54, 1.807) is 25.3 Å². The number of hydrogen-bond acceptors (Lipinski definition) is 5. The highest BCUT2D eigenvalue weighted by Gasteiger charge is 2.13. The van der Waals surface area contributed by atoms with Crippen molar-refractivity contribution in [1.82, 2.24) is 4.98 Å². The van der Waals surface area contributed by atoms with E-state index in [0.717, 1.165) is 26.5 Å². The van der Waals surface area contributed by atoms with Gasteiger partial charge in [0.15, 0.2) is 0 Å². The maximum Gasteiger partial charge on any atom is 0.252 e. The number of benzene rings is 2. The van der Waals surface area contributed by atoms with Crippen molar-refractivity contribution in [2.75, 3.05) is 7.11 Å². The largest absolute Gasteiger partial charge is 0.496 e. The minimum absolute atomic E-state index is 0.188. The normalized spacial score (nSPS) is 10.6. The Morgan fingerprint density at radius 2 is 2.08 bits per heavy atom. The lowest BCUT2D eigenvalue weighted by Crippen LogP contribution is -2.13. The second-order valence-corrected chi connectivity index (χ2v) is 7.49. The zero-order valence-electron chi connectivity index (χ0n) is 13.7. The maximum atomic E-state index is 11.5. The minimum Gasteiger partial charge on any atom is -0.496 e. The first-order chi connectivity index (χ1) is 12.5. The molecular weight excluding hydrogens is 440 g/mol. The van der Waals surface area contributed by atoms with E-state index in [-0.39, 0.29) is 12.2 Å². The summed E-state index contributed by atoms with van der Waals surface area (Å²) in [6.45, 7) is 0.188. The average molecular weight is 454 g/mol. The smallest absolute Gasteiger partial charge is 0.252 e. The number of amides is 1. The van der Waals surface area contributed by atoms with Gasteiger partial charge in [-0.25, -0.2) is 4.98 Å². The van der Waals surface area contributed by atoms with Crippen LogP contribution in [0.1, 0.15) is 16.1 Å². The molecule has 0 radical (unpaired) electrons. The monoisotopic (exact) mass is 452 g/mol. The molecule has 0 saturated carbocycles. The highest BCUT2D eigenvalue weighted by Crippen LogP contribution is 2.34. The highest BCUT2D eigenvalue weighted by molar-refractivity contribution is 9.10. The molecule has 1 heterocycles. The molecule has 3 aromatic rings. The second-order valence-electron chi connectivity index (χ2n) is 5.28. The number of carbonyl (C=O) groups excluding carboxylic acids is 1. The summed E-state index contributed by atoms with van der Waals surface area (Å²) in [5.74, 6) is 0.495. The summed E-state index contributed by atoms with van der Waals surface area (Å²) in [6.07, 6.45) is 0. The van der Waals surface area contributed by atoms with Crippen LogP contribution < -0.4 is 15.2 Å². The Kier molecular flexibility index (Phi) is 5.80. The molecule has 0 spiro atoms. The Morgan fingerprint density at radius 1 is 1.27 bits per heavy atom.